The average Bonchev–Trinajstić information content (AvgIpc) is 2.97. The normalized spacial score (nSPS) is 11.4. The Morgan fingerprint density at radius 2 is 1.84 bits per heavy atom. The van der Waals surface area contributed by atoms with E-state index in [-0.39, 0.29) is 11.6 Å². The first kappa shape index (κ1) is 16.6. The third kappa shape index (κ3) is 3.32. The van der Waals surface area contributed by atoms with Gasteiger partial charge in [0.05, 0.1) is 18.4 Å². The molecule has 25 heavy (non-hydrogen) atoms. The summed E-state index contributed by atoms with van der Waals surface area (Å²) in [6.45, 7) is 0. The number of alkyl halides is 3. The maximum absolute atomic E-state index is 13.0. The molecule has 0 radical (unpaired) electrons. The summed E-state index contributed by atoms with van der Waals surface area (Å²) in [5, 5.41) is 12.2. The van der Waals surface area contributed by atoms with Gasteiger partial charge < -0.3 is 10.1 Å². The molecule has 130 valence electrons. The van der Waals surface area contributed by atoms with Crippen LogP contribution in [-0.2, 0) is 6.18 Å². The number of rotatable bonds is 3. The Balaban J connectivity index is 1.85. The zero-order chi connectivity index (χ0) is 18.0. The van der Waals surface area contributed by atoms with Crippen molar-refractivity contribution in [3.63, 3.8) is 0 Å². The van der Waals surface area contributed by atoms with Crippen LogP contribution in [-0.4, -0.2) is 27.7 Å². The van der Waals surface area contributed by atoms with Crippen LogP contribution in [0.3, 0.4) is 0 Å². The topological polar surface area (TPSA) is 80.6 Å². The Morgan fingerprint density at radius 1 is 1.08 bits per heavy atom. The molecule has 0 unspecified atom stereocenters. The van der Waals surface area contributed by atoms with Gasteiger partial charge in [0.15, 0.2) is 5.65 Å². The van der Waals surface area contributed by atoms with Crippen molar-refractivity contribution in [3.05, 3.63) is 48.0 Å². The molecule has 7 nitrogen and oxygen atoms in total. The Labute approximate surface area is 139 Å². The lowest BCUT2D eigenvalue weighted by Gasteiger charge is -2.13. The van der Waals surface area contributed by atoms with Gasteiger partial charge in [-0.05, 0) is 24.3 Å². The molecule has 0 spiro atoms. The van der Waals surface area contributed by atoms with Crippen LogP contribution in [0.2, 0.25) is 0 Å². The van der Waals surface area contributed by atoms with Crippen LogP contribution in [0.1, 0.15) is 5.56 Å². The van der Waals surface area contributed by atoms with E-state index in [0.717, 1.165) is 12.1 Å². The molecular weight excluding hydrogens is 339 g/mol. The minimum absolute atomic E-state index is 0.00874. The highest BCUT2D eigenvalue weighted by Crippen LogP contribution is 2.34. The second kappa shape index (κ2) is 6.30. The van der Waals surface area contributed by atoms with Crippen molar-refractivity contribution in [1.29, 1.82) is 0 Å². The number of fused-ring (bicyclic) bond motifs is 1. The predicted molar refractivity (Wildman–Crippen MR) is 83.6 cm³/mol. The molecule has 2 N–H and O–H groups in total. The van der Waals surface area contributed by atoms with Crippen LogP contribution in [0.5, 0.6) is 5.88 Å². The number of nitrogens with zero attached hydrogens (tertiary/aromatic N) is 3. The van der Waals surface area contributed by atoms with Crippen LogP contribution in [0.25, 0.3) is 5.65 Å². The van der Waals surface area contributed by atoms with Crippen LogP contribution < -0.4 is 15.4 Å². The van der Waals surface area contributed by atoms with Gasteiger partial charge in [0.25, 0.3) is 0 Å². The van der Waals surface area contributed by atoms with E-state index in [2.05, 4.69) is 20.8 Å². The first-order valence-corrected chi connectivity index (χ1v) is 7.02. The number of halogens is 3. The Hall–Kier alpha value is -3.30. The van der Waals surface area contributed by atoms with Gasteiger partial charge in [0.2, 0.25) is 11.8 Å². The summed E-state index contributed by atoms with van der Waals surface area (Å²) in [6.07, 6.45) is -4.59. The van der Waals surface area contributed by atoms with Crippen molar-refractivity contribution >= 4 is 23.3 Å². The first-order chi connectivity index (χ1) is 11.9. The minimum atomic E-state index is -4.59. The minimum Gasteiger partial charge on any atom is -0.482 e. The Kier molecular flexibility index (Phi) is 4.17. The van der Waals surface area contributed by atoms with E-state index < -0.39 is 17.8 Å². The van der Waals surface area contributed by atoms with Crippen LogP contribution >= 0.6 is 0 Å². The molecule has 0 aliphatic heterocycles. The molecule has 2 amide bonds. The average molecular weight is 351 g/mol. The molecule has 0 bridgehead atoms. The number of carbonyl (C=O) groups excluding carboxylic acids is 1. The highest BCUT2D eigenvalue weighted by atomic mass is 19.4. The van der Waals surface area contributed by atoms with Gasteiger partial charge >= 0.3 is 12.2 Å². The van der Waals surface area contributed by atoms with Gasteiger partial charge in [-0.1, -0.05) is 18.2 Å². The quantitative estimate of drug-likeness (QED) is 0.758. The second-order valence-corrected chi connectivity index (χ2v) is 4.91. The van der Waals surface area contributed by atoms with Crippen molar-refractivity contribution in [2.24, 2.45) is 0 Å². The number of benzene rings is 1. The molecule has 2 aromatic heterocycles. The molecule has 0 saturated carbocycles. The number of para-hydroxylation sites is 1. The number of anilines is 2. The van der Waals surface area contributed by atoms with Gasteiger partial charge in [-0.15, -0.1) is 10.2 Å². The molecule has 0 aliphatic carbocycles. The lowest BCUT2D eigenvalue weighted by molar-refractivity contribution is -0.136. The number of carbonyl (C=O) groups is 1. The van der Waals surface area contributed by atoms with E-state index in [4.69, 9.17) is 4.74 Å². The number of nitrogens with one attached hydrogen (secondary N) is 2. The SMILES string of the molecule is COc1cccc2nnc(NC(=O)Nc3ccccc3C(F)(F)F)n12. The zero-order valence-corrected chi connectivity index (χ0v) is 12.8. The summed E-state index contributed by atoms with van der Waals surface area (Å²) in [4.78, 5) is 12.1. The number of methoxy groups -OCH3 is 1. The predicted octanol–water partition coefficient (Wildman–Crippen LogP) is 3.40. The van der Waals surface area contributed by atoms with Crippen molar-refractivity contribution in [3.8, 4) is 5.88 Å². The third-order valence-electron chi connectivity index (χ3n) is 3.31. The van der Waals surface area contributed by atoms with Crippen molar-refractivity contribution in [1.82, 2.24) is 14.6 Å². The molecule has 2 heterocycles. The molecule has 0 fully saturated rings. The summed E-state index contributed by atoms with van der Waals surface area (Å²) in [7, 11) is 1.43. The largest absolute Gasteiger partial charge is 0.482 e. The number of urea groups is 1. The fourth-order valence-corrected chi connectivity index (χ4v) is 2.25. The lowest BCUT2D eigenvalue weighted by Crippen LogP contribution is -2.23. The van der Waals surface area contributed by atoms with Crippen LogP contribution in [0, 0.1) is 0 Å². The summed E-state index contributed by atoms with van der Waals surface area (Å²) in [5.74, 6) is 0.364. The van der Waals surface area contributed by atoms with Crippen LogP contribution in [0.15, 0.2) is 42.5 Å². The third-order valence-corrected chi connectivity index (χ3v) is 3.31. The van der Waals surface area contributed by atoms with E-state index in [1.54, 1.807) is 18.2 Å². The monoisotopic (exact) mass is 351 g/mol. The molecule has 3 aromatic rings. The fourth-order valence-electron chi connectivity index (χ4n) is 2.25. The van der Waals surface area contributed by atoms with Gasteiger partial charge in [0, 0.05) is 0 Å². The van der Waals surface area contributed by atoms with E-state index >= 15 is 0 Å². The van der Waals surface area contributed by atoms with Gasteiger partial charge in [-0.3, -0.25) is 5.32 Å². The molecule has 3 rings (SSSR count). The van der Waals surface area contributed by atoms with Gasteiger partial charge in [-0.2, -0.15) is 13.2 Å². The maximum atomic E-state index is 13.0. The Bertz CT molecular complexity index is 923. The molecule has 0 saturated heterocycles. The first-order valence-electron chi connectivity index (χ1n) is 7.02. The van der Waals surface area contributed by atoms with E-state index in [1.807, 2.05) is 0 Å². The van der Waals surface area contributed by atoms with E-state index in [1.165, 1.54) is 23.6 Å². The van der Waals surface area contributed by atoms with Crippen molar-refractivity contribution in [2.45, 2.75) is 6.18 Å². The number of hydrogen-bond acceptors (Lipinski definition) is 4. The van der Waals surface area contributed by atoms with E-state index in [9.17, 15) is 18.0 Å². The van der Waals surface area contributed by atoms with E-state index in [0.29, 0.717) is 11.5 Å². The summed E-state index contributed by atoms with van der Waals surface area (Å²) in [6, 6.07) is 8.72. The second-order valence-electron chi connectivity index (χ2n) is 4.91. The molecular formula is C15H12F3N5O2. The fraction of sp³-hybridized carbons (Fsp3) is 0.133. The summed E-state index contributed by atoms with van der Waals surface area (Å²) in [5.41, 5.74) is -0.910. The molecule has 0 aliphatic rings. The maximum Gasteiger partial charge on any atom is 0.418 e. The van der Waals surface area contributed by atoms with Gasteiger partial charge in [0.1, 0.15) is 0 Å². The smallest absolute Gasteiger partial charge is 0.418 e. The molecule has 0 atom stereocenters. The lowest BCUT2D eigenvalue weighted by atomic mass is 10.1. The molecule has 10 heteroatoms. The summed E-state index contributed by atoms with van der Waals surface area (Å²) < 4.78 is 45.5. The highest BCUT2D eigenvalue weighted by Gasteiger charge is 2.33. The number of pyridine rings is 1. The zero-order valence-electron chi connectivity index (χ0n) is 12.8. The van der Waals surface area contributed by atoms with Crippen LogP contribution in [0.4, 0.5) is 29.6 Å². The highest BCUT2D eigenvalue weighted by molar-refractivity contribution is 5.99. The molecule has 1 aromatic carbocycles. The standard InChI is InChI=1S/C15H12F3N5O2/c1-25-12-8-4-7-11-21-22-13(23(11)12)20-14(24)19-10-6-3-2-5-9(10)15(16,17)18/h2-8H,1H3,(H2,19,20,22,24). The number of aromatic nitrogens is 3. The number of ether oxygens (including phenoxy) is 1. The summed E-state index contributed by atoms with van der Waals surface area (Å²) >= 11 is 0. The number of hydrogen-bond donors (Lipinski definition) is 2. The van der Waals surface area contributed by atoms with Crippen molar-refractivity contribution in [2.75, 3.05) is 17.7 Å². The van der Waals surface area contributed by atoms with Crippen molar-refractivity contribution < 1.29 is 22.7 Å². The number of amides is 2. The Morgan fingerprint density at radius 3 is 2.56 bits per heavy atom. The van der Waals surface area contributed by atoms with Gasteiger partial charge in [-0.25, -0.2) is 9.20 Å².